The van der Waals surface area contributed by atoms with Gasteiger partial charge < -0.3 is 14.7 Å². The van der Waals surface area contributed by atoms with Crippen molar-refractivity contribution in [2.45, 2.75) is 26.0 Å². The fourth-order valence-corrected chi connectivity index (χ4v) is 4.13. The van der Waals surface area contributed by atoms with E-state index in [0.717, 1.165) is 0 Å². The molecule has 2 aliphatic rings. The van der Waals surface area contributed by atoms with Gasteiger partial charge in [-0.05, 0) is 31.2 Å². The average Bonchev–Trinajstić information content (AvgIpc) is 3.25. The maximum atomic E-state index is 13.2. The minimum absolute atomic E-state index is 0.0210. The normalized spacial score (nSPS) is 19.4. The molecule has 158 valence electrons. The Labute approximate surface area is 182 Å². The van der Waals surface area contributed by atoms with Gasteiger partial charge in [0.1, 0.15) is 11.6 Å². The first-order valence-corrected chi connectivity index (χ1v) is 9.90. The Morgan fingerprint density at radius 3 is 3.00 bits per heavy atom. The first-order chi connectivity index (χ1) is 16.2. The third-order valence-corrected chi connectivity index (χ3v) is 5.55. The molecular weight excluding hydrogens is 400 g/mol. The zero-order valence-corrected chi connectivity index (χ0v) is 16.6. The van der Waals surface area contributed by atoms with Gasteiger partial charge in [0.05, 0.1) is 23.7 Å². The van der Waals surface area contributed by atoms with E-state index in [1.807, 2.05) is 23.6 Å². The molecule has 3 aromatic rings. The average molecular weight is 424 g/mol. The summed E-state index contributed by atoms with van der Waals surface area (Å²) in [4.78, 5) is 5.97. The van der Waals surface area contributed by atoms with Crippen molar-refractivity contribution in [2.24, 2.45) is 5.92 Å². The second kappa shape index (κ2) is 7.40. The molecule has 2 atom stereocenters. The summed E-state index contributed by atoms with van der Waals surface area (Å²) >= 11 is 0. The Morgan fingerprint density at radius 2 is 2.23 bits per heavy atom. The van der Waals surface area contributed by atoms with Gasteiger partial charge in [0.15, 0.2) is 0 Å². The van der Waals surface area contributed by atoms with E-state index in [2.05, 4.69) is 11.8 Å². The molecule has 0 saturated heterocycles. The first kappa shape index (κ1) is 16.3. The van der Waals surface area contributed by atoms with E-state index in [4.69, 9.17) is 13.8 Å². The molecule has 1 N–H and O–H groups in total. The summed E-state index contributed by atoms with van der Waals surface area (Å²) < 4.78 is 57.4. The lowest BCUT2D eigenvalue weighted by Crippen LogP contribution is -2.32. The minimum Gasteiger partial charge on any atom is -0.434 e. The van der Waals surface area contributed by atoms with Crippen molar-refractivity contribution in [2.75, 3.05) is 13.6 Å². The highest BCUT2D eigenvalue weighted by Crippen LogP contribution is 2.40. The van der Waals surface area contributed by atoms with Crippen LogP contribution in [0, 0.1) is 17.8 Å². The molecule has 0 fully saturated rings. The molecule has 2 aromatic carbocycles. The van der Waals surface area contributed by atoms with Crippen molar-refractivity contribution < 1.29 is 22.7 Å². The van der Waals surface area contributed by atoms with Crippen LogP contribution in [0.2, 0.25) is 0 Å². The standard InChI is InChI=1S/C24H21F2N3O2/c1-14(13-30)6-7-15-8-9-17-18(10-15)29-19-11-20(23(29)27-17)28(2)12-16-4-3-5-21(22(16)19)31-24(25)26/h3-5,8-10,12,14,20,24,30H,11,13H2,1-2H3/t14-,20-/m1/s1/i2D3. The van der Waals surface area contributed by atoms with Crippen LogP contribution in [0.25, 0.3) is 22.9 Å². The lowest BCUT2D eigenvalue weighted by molar-refractivity contribution is -0.0505. The molecule has 2 bridgehead atoms. The molecule has 7 heteroatoms. The lowest BCUT2D eigenvalue weighted by atomic mass is 10.1. The Bertz CT molecular complexity index is 1470. The van der Waals surface area contributed by atoms with Gasteiger partial charge >= 0.3 is 6.61 Å². The van der Waals surface area contributed by atoms with Gasteiger partial charge in [-0.2, -0.15) is 8.78 Å². The summed E-state index contributed by atoms with van der Waals surface area (Å²) in [6, 6.07) is 9.55. The maximum absolute atomic E-state index is 13.2. The number of ether oxygens (including phenoxy) is 1. The van der Waals surface area contributed by atoms with Crippen LogP contribution in [-0.2, 0) is 0 Å². The smallest absolute Gasteiger partial charge is 0.387 e. The van der Waals surface area contributed by atoms with Crippen LogP contribution in [0.1, 0.15) is 34.9 Å². The quantitative estimate of drug-likeness (QED) is 0.656. The number of aliphatic hydroxyl groups excluding tert-OH is 1. The van der Waals surface area contributed by atoms with Gasteiger partial charge in [0.2, 0.25) is 0 Å². The molecule has 0 saturated carbocycles. The molecule has 0 unspecified atom stereocenters. The van der Waals surface area contributed by atoms with Crippen molar-refractivity contribution in [1.82, 2.24) is 14.5 Å². The van der Waals surface area contributed by atoms with E-state index < -0.39 is 19.6 Å². The summed E-state index contributed by atoms with van der Waals surface area (Å²) in [6.45, 7) is -3.74. The number of fused-ring (bicyclic) bond motifs is 8. The maximum Gasteiger partial charge on any atom is 0.387 e. The molecule has 3 heterocycles. The highest BCUT2D eigenvalue weighted by molar-refractivity contribution is 5.83. The summed E-state index contributed by atoms with van der Waals surface area (Å²) in [5, 5.41) is 10.1. The van der Waals surface area contributed by atoms with Gasteiger partial charge in [0, 0.05) is 51.3 Å². The molecule has 31 heavy (non-hydrogen) atoms. The Balaban J connectivity index is 1.83. The Hall–Kier alpha value is -3.37. The van der Waals surface area contributed by atoms with E-state index >= 15 is 0 Å². The fourth-order valence-electron chi connectivity index (χ4n) is 4.13. The molecule has 0 radical (unpaired) electrons. The Morgan fingerprint density at radius 1 is 1.35 bits per heavy atom. The lowest BCUT2D eigenvalue weighted by Gasteiger charge is -2.20. The van der Waals surface area contributed by atoms with Crippen LogP contribution < -0.4 is 15.2 Å². The van der Waals surface area contributed by atoms with Gasteiger partial charge in [-0.1, -0.05) is 24.0 Å². The number of hydrogen-bond acceptors (Lipinski definition) is 4. The third-order valence-electron chi connectivity index (χ3n) is 5.55. The minimum atomic E-state index is -3.03. The summed E-state index contributed by atoms with van der Waals surface area (Å²) in [6.07, 6.45) is 1.75. The molecular formula is C24H21F2N3O2. The van der Waals surface area contributed by atoms with Crippen molar-refractivity contribution in [3.05, 3.63) is 58.2 Å². The molecule has 2 aliphatic heterocycles. The largest absolute Gasteiger partial charge is 0.434 e. The number of aromatic nitrogens is 2. The molecule has 0 aliphatic carbocycles. The van der Waals surface area contributed by atoms with Gasteiger partial charge in [-0.15, -0.1) is 0 Å². The van der Waals surface area contributed by atoms with E-state index in [1.165, 1.54) is 17.2 Å². The number of alkyl halides is 2. The fraction of sp³-hybridized carbons (Fsp3) is 0.292. The van der Waals surface area contributed by atoms with E-state index in [9.17, 15) is 13.9 Å². The van der Waals surface area contributed by atoms with Crippen LogP contribution in [0.15, 0.2) is 36.4 Å². The van der Waals surface area contributed by atoms with Crippen molar-refractivity contribution in [1.29, 1.82) is 0 Å². The predicted molar refractivity (Wildman–Crippen MR) is 114 cm³/mol. The number of hydrogen-bond donors (Lipinski definition) is 1. The number of rotatable bonds is 3. The molecule has 5 rings (SSSR count). The second-order valence-corrected chi connectivity index (χ2v) is 7.66. The van der Waals surface area contributed by atoms with Gasteiger partial charge in [-0.25, -0.2) is 4.98 Å². The molecule has 0 spiro atoms. The van der Waals surface area contributed by atoms with Gasteiger partial charge in [0.25, 0.3) is 0 Å². The zero-order chi connectivity index (χ0) is 24.2. The highest BCUT2D eigenvalue weighted by Gasteiger charge is 2.35. The van der Waals surface area contributed by atoms with Crippen molar-refractivity contribution >= 4 is 22.9 Å². The third kappa shape index (κ3) is 3.24. The van der Waals surface area contributed by atoms with Crippen LogP contribution in [0.3, 0.4) is 0 Å². The van der Waals surface area contributed by atoms with Crippen LogP contribution in [0.4, 0.5) is 8.78 Å². The van der Waals surface area contributed by atoms with Gasteiger partial charge in [-0.3, -0.25) is 4.57 Å². The van der Waals surface area contributed by atoms with Crippen LogP contribution in [-0.4, -0.2) is 39.8 Å². The van der Waals surface area contributed by atoms with E-state index in [1.54, 1.807) is 18.2 Å². The Kier molecular flexibility index (Phi) is 3.90. The van der Waals surface area contributed by atoms with Crippen molar-refractivity contribution in [3.63, 3.8) is 0 Å². The predicted octanol–water partition coefficient (Wildman–Crippen LogP) is 2.40. The van der Waals surface area contributed by atoms with Crippen molar-refractivity contribution in [3.8, 4) is 17.6 Å². The molecule has 1 aromatic heterocycles. The van der Waals surface area contributed by atoms with Crippen LogP contribution >= 0.6 is 0 Å². The molecule has 0 amide bonds. The number of imidazole rings is 1. The van der Waals surface area contributed by atoms with E-state index in [-0.39, 0.29) is 24.7 Å². The summed E-state index contributed by atoms with van der Waals surface area (Å²) in [5.41, 5.74) is 2.68. The van der Waals surface area contributed by atoms with Crippen LogP contribution in [0.5, 0.6) is 5.75 Å². The highest BCUT2D eigenvalue weighted by atomic mass is 19.3. The monoisotopic (exact) mass is 424 g/mol. The zero-order valence-electron chi connectivity index (χ0n) is 19.6. The molecule has 5 nitrogen and oxygen atoms in total. The second-order valence-electron chi connectivity index (χ2n) is 7.66. The number of halogens is 2. The number of nitrogens with zero attached hydrogens (tertiary/aromatic N) is 3. The van der Waals surface area contributed by atoms with E-state index in [0.29, 0.717) is 38.6 Å². The summed E-state index contributed by atoms with van der Waals surface area (Å²) in [7, 11) is 0. The SMILES string of the molecule is [2H]C([2H])([2H])N1C=c2cccc(OC(F)F)c2=C2C[C@@H]1c1nc3ccc(C#C[C@@H](C)CO)cc3n12. The topological polar surface area (TPSA) is 50.5 Å². The summed E-state index contributed by atoms with van der Waals surface area (Å²) in [5.74, 6) is 6.32. The first-order valence-electron chi connectivity index (χ1n) is 11.4. The number of benzene rings is 2. The number of aliphatic hydroxyl groups is 1.